The van der Waals surface area contributed by atoms with Crippen LogP contribution < -0.4 is 10.1 Å². The van der Waals surface area contributed by atoms with E-state index >= 15 is 0 Å². The fourth-order valence-electron chi connectivity index (χ4n) is 2.72. The number of amides is 1. The molecule has 0 bridgehead atoms. The zero-order valence-corrected chi connectivity index (χ0v) is 13.3. The Labute approximate surface area is 132 Å². The highest BCUT2D eigenvalue weighted by Crippen LogP contribution is 2.34. The molecular weight excluding hydrogens is 306 g/mol. The van der Waals surface area contributed by atoms with Crippen LogP contribution in [0.25, 0.3) is 0 Å². The van der Waals surface area contributed by atoms with Gasteiger partial charge in [0.15, 0.2) is 0 Å². The minimum Gasteiger partial charge on any atom is -0.496 e. The normalized spacial score (nSPS) is 17.1. The first-order valence-electron chi connectivity index (χ1n) is 6.89. The molecule has 1 N–H and O–H groups in total. The quantitative estimate of drug-likeness (QED) is 0.919. The third-order valence-electron chi connectivity index (χ3n) is 3.77. The molecule has 5 heteroatoms. The topological polar surface area (TPSA) is 38.3 Å². The van der Waals surface area contributed by atoms with Gasteiger partial charge in [-0.15, -0.1) is 11.3 Å². The van der Waals surface area contributed by atoms with Gasteiger partial charge < -0.3 is 10.1 Å². The Balaban J connectivity index is 1.82. The molecule has 21 heavy (non-hydrogen) atoms. The van der Waals surface area contributed by atoms with Gasteiger partial charge in [-0.2, -0.15) is 0 Å². The number of carbonyl (C=O) groups is 1. The molecule has 1 aromatic carbocycles. The van der Waals surface area contributed by atoms with Gasteiger partial charge in [-0.3, -0.25) is 4.79 Å². The number of carbonyl (C=O) groups excluding carboxylic acids is 1. The van der Waals surface area contributed by atoms with Gasteiger partial charge in [0, 0.05) is 9.90 Å². The number of benzene rings is 1. The summed E-state index contributed by atoms with van der Waals surface area (Å²) in [6.07, 6.45) is 3.20. The number of thiophene rings is 1. The summed E-state index contributed by atoms with van der Waals surface area (Å²) in [4.78, 5) is 13.9. The molecule has 0 radical (unpaired) electrons. The number of hydrogen-bond acceptors (Lipinski definition) is 3. The minimum atomic E-state index is -0.118. The smallest absolute Gasteiger partial charge is 0.255 e. The van der Waals surface area contributed by atoms with Crippen molar-refractivity contribution in [1.29, 1.82) is 0 Å². The highest BCUT2D eigenvalue weighted by Gasteiger charge is 2.24. The SMILES string of the molecule is COc1cc(Cl)ccc1C(=O)N[C@@H]1CCCc2sccc21. The van der Waals surface area contributed by atoms with Crippen molar-refractivity contribution < 1.29 is 9.53 Å². The van der Waals surface area contributed by atoms with Crippen molar-refractivity contribution in [3.63, 3.8) is 0 Å². The average molecular weight is 322 g/mol. The first kappa shape index (κ1) is 14.4. The lowest BCUT2D eigenvalue weighted by molar-refractivity contribution is 0.0930. The number of methoxy groups -OCH3 is 1. The molecule has 2 aromatic rings. The van der Waals surface area contributed by atoms with Crippen LogP contribution in [-0.4, -0.2) is 13.0 Å². The molecule has 1 aromatic heterocycles. The molecule has 1 aliphatic carbocycles. The lowest BCUT2D eigenvalue weighted by Crippen LogP contribution is -2.30. The first-order valence-corrected chi connectivity index (χ1v) is 8.15. The zero-order valence-electron chi connectivity index (χ0n) is 11.7. The third kappa shape index (κ3) is 2.92. The molecular formula is C16H16ClNO2S. The summed E-state index contributed by atoms with van der Waals surface area (Å²) in [7, 11) is 1.54. The van der Waals surface area contributed by atoms with E-state index in [1.54, 1.807) is 36.6 Å². The zero-order chi connectivity index (χ0) is 14.8. The third-order valence-corrected chi connectivity index (χ3v) is 5.00. The summed E-state index contributed by atoms with van der Waals surface area (Å²) in [5.74, 6) is 0.383. The molecule has 3 rings (SSSR count). The van der Waals surface area contributed by atoms with E-state index in [0.717, 1.165) is 19.3 Å². The van der Waals surface area contributed by atoms with Crippen LogP contribution in [0, 0.1) is 0 Å². The first-order chi connectivity index (χ1) is 10.2. The van der Waals surface area contributed by atoms with Crippen molar-refractivity contribution in [2.75, 3.05) is 7.11 Å². The van der Waals surface area contributed by atoms with Crippen LogP contribution in [0.5, 0.6) is 5.75 Å². The summed E-state index contributed by atoms with van der Waals surface area (Å²) in [5.41, 5.74) is 1.77. The summed E-state index contributed by atoms with van der Waals surface area (Å²) < 4.78 is 5.25. The van der Waals surface area contributed by atoms with Gasteiger partial charge in [0.1, 0.15) is 5.75 Å². The van der Waals surface area contributed by atoms with Gasteiger partial charge in [0.2, 0.25) is 0 Å². The Morgan fingerprint density at radius 2 is 2.29 bits per heavy atom. The van der Waals surface area contributed by atoms with E-state index in [1.807, 2.05) is 0 Å². The number of fused-ring (bicyclic) bond motifs is 1. The van der Waals surface area contributed by atoms with E-state index in [2.05, 4.69) is 16.8 Å². The monoisotopic (exact) mass is 321 g/mol. The number of rotatable bonds is 3. The molecule has 1 amide bonds. The lowest BCUT2D eigenvalue weighted by atomic mass is 9.94. The van der Waals surface area contributed by atoms with E-state index in [1.165, 1.54) is 10.4 Å². The largest absolute Gasteiger partial charge is 0.496 e. The van der Waals surface area contributed by atoms with Crippen molar-refractivity contribution in [2.24, 2.45) is 0 Å². The molecule has 0 saturated carbocycles. The molecule has 110 valence electrons. The van der Waals surface area contributed by atoms with E-state index in [9.17, 15) is 4.79 Å². The number of ether oxygens (including phenoxy) is 1. The number of hydrogen-bond donors (Lipinski definition) is 1. The van der Waals surface area contributed by atoms with Gasteiger partial charge in [-0.25, -0.2) is 0 Å². The number of aryl methyl sites for hydroxylation is 1. The average Bonchev–Trinajstić information content (AvgIpc) is 2.96. The highest BCUT2D eigenvalue weighted by molar-refractivity contribution is 7.10. The fraction of sp³-hybridized carbons (Fsp3) is 0.312. The van der Waals surface area contributed by atoms with Gasteiger partial charge in [-0.05, 0) is 54.5 Å². The molecule has 3 nitrogen and oxygen atoms in total. The van der Waals surface area contributed by atoms with Crippen molar-refractivity contribution in [2.45, 2.75) is 25.3 Å². The van der Waals surface area contributed by atoms with Crippen LogP contribution in [0.4, 0.5) is 0 Å². The van der Waals surface area contributed by atoms with Crippen molar-refractivity contribution in [3.05, 3.63) is 50.7 Å². The maximum absolute atomic E-state index is 12.5. The molecule has 1 aliphatic rings. The summed E-state index contributed by atoms with van der Waals surface area (Å²) in [6, 6.07) is 7.27. The maximum atomic E-state index is 12.5. The fourth-order valence-corrected chi connectivity index (χ4v) is 3.87. The molecule has 0 saturated heterocycles. The second-order valence-electron chi connectivity index (χ2n) is 5.06. The Morgan fingerprint density at radius 1 is 1.43 bits per heavy atom. The molecule has 0 fully saturated rings. The number of nitrogens with one attached hydrogen (secondary N) is 1. The van der Waals surface area contributed by atoms with Crippen molar-refractivity contribution in [1.82, 2.24) is 5.32 Å². The highest BCUT2D eigenvalue weighted by atomic mass is 35.5. The number of halogens is 1. The Kier molecular flexibility index (Phi) is 4.17. The van der Waals surface area contributed by atoms with E-state index < -0.39 is 0 Å². The maximum Gasteiger partial charge on any atom is 0.255 e. The van der Waals surface area contributed by atoms with Gasteiger partial charge in [-0.1, -0.05) is 11.6 Å². The van der Waals surface area contributed by atoms with Crippen molar-refractivity contribution in [3.8, 4) is 5.75 Å². The summed E-state index contributed by atoms with van der Waals surface area (Å²) in [5, 5.41) is 5.77. The second kappa shape index (κ2) is 6.08. The molecule has 0 spiro atoms. The minimum absolute atomic E-state index is 0.0906. The van der Waals surface area contributed by atoms with E-state index in [0.29, 0.717) is 16.3 Å². The summed E-state index contributed by atoms with van der Waals surface area (Å²) in [6.45, 7) is 0. The van der Waals surface area contributed by atoms with E-state index in [4.69, 9.17) is 16.3 Å². The molecule has 1 heterocycles. The van der Waals surface area contributed by atoms with Crippen LogP contribution >= 0.6 is 22.9 Å². The summed E-state index contributed by atoms with van der Waals surface area (Å²) >= 11 is 7.70. The van der Waals surface area contributed by atoms with Crippen LogP contribution in [0.2, 0.25) is 5.02 Å². The lowest BCUT2D eigenvalue weighted by Gasteiger charge is -2.24. The van der Waals surface area contributed by atoms with E-state index in [-0.39, 0.29) is 11.9 Å². The second-order valence-corrected chi connectivity index (χ2v) is 6.50. The molecule has 0 unspecified atom stereocenters. The van der Waals surface area contributed by atoms with Gasteiger partial charge >= 0.3 is 0 Å². The van der Waals surface area contributed by atoms with Crippen molar-refractivity contribution >= 4 is 28.8 Å². The van der Waals surface area contributed by atoms with Crippen LogP contribution in [0.15, 0.2) is 29.6 Å². The van der Waals surface area contributed by atoms with Crippen LogP contribution in [0.1, 0.15) is 39.7 Å². The van der Waals surface area contributed by atoms with Gasteiger partial charge in [0.25, 0.3) is 5.91 Å². The Morgan fingerprint density at radius 3 is 3.10 bits per heavy atom. The predicted octanol–water partition coefficient (Wildman–Crippen LogP) is 4.22. The predicted molar refractivity (Wildman–Crippen MR) is 85.5 cm³/mol. The standard InChI is InChI=1S/C16H16ClNO2S/c1-20-14-9-10(17)5-6-12(14)16(19)18-13-3-2-4-15-11(13)7-8-21-15/h5-9,13H,2-4H2,1H3,(H,18,19)/t13-/m1/s1. The Bertz CT molecular complexity index is 668. The van der Waals surface area contributed by atoms with Crippen LogP contribution in [-0.2, 0) is 6.42 Å². The van der Waals surface area contributed by atoms with Crippen LogP contribution in [0.3, 0.4) is 0 Å². The Hall–Kier alpha value is -1.52. The van der Waals surface area contributed by atoms with Gasteiger partial charge in [0.05, 0.1) is 18.7 Å². The molecule has 1 atom stereocenters. The molecule has 0 aliphatic heterocycles.